The molecule has 1 N–H and O–H groups in total. The lowest BCUT2D eigenvalue weighted by molar-refractivity contribution is -0.119. The summed E-state index contributed by atoms with van der Waals surface area (Å²) in [4.78, 5) is 13.3. The van der Waals surface area contributed by atoms with Crippen molar-refractivity contribution < 1.29 is 13.2 Å². The smallest absolute Gasteiger partial charge is 0.260 e. The Kier molecular flexibility index (Phi) is 5.57. The molecule has 1 aromatic heterocycles. The van der Waals surface area contributed by atoms with E-state index >= 15 is 0 Å². The molecular weight excluding hydrogens is 382 g/mol. The molecule has 0 aliphatic carbocycles. The lowest BCUT2D eigenvalue weighted by atomic mass is 10.1. The summed E-state index contributed by atoms with van der Waals surface area (Å²) < 4.78 is 25.8. The third-order valence-electron chi connectivity index (χ3n) is 3.95. The number of hydrogen-bond donors (Lipinski definition) is 1. The van der Waals surface area contributed by atoms with Gasteiger partial charge in [-0.3, -0.25) is 9.10 Å². The van der Waals surface area contributed by atoms with E-state index in [1.54, 1.807) is 19.1 Å². The second kappa shape index (κ2) is 7.89. The number of amides is 1. The van der Waals surface area contributed by atoms with E-state index in [9.17, 15) is 13.2 Å². The first kappa shape index (κ1) is 19.1. The SMILES string of the molecule is C/C(=N\NC(=O)CN(c1cccc2ccccc12)S(C)(=O)=O)c1cccs1. The van der Waals surface area contributed by atoms with Crippen molar-refractivity contribution in [1.82, 2.24) is 5.43 Å². The molecule has 27 heavy (non-hydrogen) atoms. The van der Waals surface area contributed by atoms with Crippen molar-refractivity contribution in [1.29, 1.82) is 0 Å². The molecule has 0 atom stereocenters. The zero-order chi connectivity index (χ0) is 19.4. The average molecular weight is 402 g/mol. The molecule has 0 unspecified atom stereocenters. The van der Waals surface area contributed by atoms with Crippen LogP contribution in [0.1, 0.15) is 11.8 Å². The van der Waals surface area contributed by atoms with Crippen LogP contribution >= 0.6 is 11.3 Å². The van der Waals surface area contributed by atoms with Gasteiger partial charge in [-0.05, 0) is 29.8 Å². The van der Waals surface area contributed by atoms with Crippen molar-refractivity contribution in [2.75, 3.05) is 17.1 Å². The van der Waals surface area contributed by atoms with E-state index in [1.807, 2.05) is 47.8 Å². The van der Waals surface area contributed by atoms with E-state index in [0.29, 0.717) is 11.4 Å². The van der Waals surface area contributed by atoms with Crippen LogP contribution in [-0.2, 0) is 14.8 Å². The number of hydrogen-bond acceptors (Lipinski definition) is 5. The third kappa shape index (κ3) is 4.53. The molecule has 1 amide bonds. The largest absolute Gasteiger partial charge is 0.271 e. The van der Waals surface area contributed by atoms with E-state index < -0.39 is 15.9 Å². The first-order valence-corrected chi connectivity index (χ1v) is 10.9. The Morgan fingerprint density at radius 1 is 1.11 bits per heavy atom. The van der Waals surface area contributed by atoms with E-state index in [1.165, 1.54) is 11.3 Å². The number of hydrazone groups is 1. The summed E-state index contributed by atoms with van der Waals surface area (Å²) >= 11 is 1.51. The maximum absolute atomic E-state index is 12.4. The molecule has 140 valence electrons. The van der Waals surface area contributed by atoms with Crippen LogP contribution in [0.3, 0.4) is 0 Å². The van der Waals surface area contributed by atoms with Gasteiger partial charge < -0.3 is 0 Å². The summed E-state index contributed by atoms with van der Waals surface area (Å²) in [7, 11) is -3.66. The Bertz CT molecular complexity index is 1090. The summed E-state index contributed by atoms with van der Waals surface area (Å²) in [5.41, 5.74) is 3.56. The fourth-order valence-corrected chi connectivity index (χ4v) is 4.20. The Labute approximate surface area is 162 Å². The summed E-state index contributed by atoms with van der Waals surface area (Å²) in [6.45, 7) is 1.43. The number of nitrogens with one attached hydrogen (secondary N) is 1. The highest BCUT2D eigenvalue weighted by molar-refractivity contribution is 7.92. The minimum atomic E-state index is -3.66. The lowest BCUT2D eigenvalue weighted by Gasteiger charge is -2.23. The molecule has 0 aliphatic rings. The summed E-state index contributed by atoms with van der Waals surface area (Å²) in [5, 5.41) is 7.64. The van der Waals surface area contributed by atoms with Crippen molar-refractivity contribution in [2.45, 2.75) is 6.92 Å². The predicted octanol–water partition coefficient (Wildman–Crippen LogP) is 3.21. The highest BCUT2D eigenvalue weighted by atomic mass is 32.2. The van der Waals surface area contributed by atoms with Gasteiger partial charge in [-0.2, -0.15) is 5.10 Å². The second-order valence-electron chi connectivity index (χ2n) is 5.98. The average Bonchev–Trinajstić information content (AvgIpc) is 3.18. The normalized spacial score (nSPS) is 12.1. The zero-order valence-corrected chi connectivity index (χ0v) is 16.5. The first-order chi connectivity index (χ1) is 12.9. The highest BCUT2D eigenvalue weighted by Gasteiger charge is 2.22. The summed E-state index contributed by atoms with van der Waals surface area (Å²) in [5.74, 6) is -0.510. The van der Waals surface area contributed by atoms with Gasteiger partial charge in [-0.15, -0.1) is 11.3 Å². The molecule has 0 saturated heterocycles. The number of anilines is 1. The molecule has 0 spiro atoms. The molecule has 1 heterocycles. The van der Waals surface area contributed by atoms with E-state index in [2.05, 4.69) is 10.5 Å². The van der Waals surface area contributed by atoms with Crippen molar-refractivity contribution >= 4 is 49.4 Å². The zero-order valence-electron chi connectivity index (χ0n) is 14.9. The Balaban J connectivity index is 1.86. The predicted molar refractivity (Wildman–Crippen MR) is 111 cm³/mol. The molecular formula is C19H19N3O3S2. The van der Waals surface area contributed by atoms with Crippen LogP contribution in [0.15, 0.2) is 65.1 Å². The monoisotopic (exact) mass is 401 g/mol. The Morgan fingerprint density at radius 3 is 2.56 bits per heavy atom. The lowest BCUT2D eigenvalue weighted by Crippen LogP contribution is -2.39. The molecule has 6 nitrogen and oxygen atoms in total. The molecule has 0 fully saturated rings. The Morgan fingerprint density at radius 2 is 1.85 bits per heavy atom. The van der Waals surface area contributed by atoms with Gasteiger partial charge in [0.05, 0.1) is 17.7 Å². The molecule has 8 heteroatoms. The molecule has 3 aromatic rings. The van der Waals surface area contributed by atoms with Crippen LogP contribution in [0.2, 0.25) is 0 Å². The van der Waals surface area contributed by atoms with Gasteiger partial charge in [-0.25, -0.2) is 13.8 Å². The van der Waals surface area contributed by atoms with E-state index in [-0.39, 0.29) is 6.54 Å². The number of nitrogens with zero attached hydrogens (tertiary/aromatic N) is 2. The Hall–Kier alpha value is -2.71. The molecule has 0 saturated carbocycles. The minimum absolute atomic E-state index is 0.353. The van der Waals surface area contributed by atoms with Gasteiger partial charge >= 0.3 is 0 Å². The number of benzene rings is 2. The molecule has 0 aliphatic heterocycles. The van der Waals surface area contributed by atoms with Crippen LogP contribution in [-0.4, -0.2) is 32.8 Å². The quantitative estimate of drug-likeness (QED) is 0.509. The van der Waals surface area contributed by atoms with Crippen molar-refractivity contribution in [3.05, 3.63) is 64.9 Å². The number of sulfonamides is 1. The molecule has 0 bridgehead atoms. The molecule has 2 aromatic carbocycles. The molecule has 0 radical (unpaired) electrons. The van der Waals surface area contributed by atoms with Crippen LogP contribution in [0.5, 0.6) is 0 Å². The number of carbonyl (C=O) groups is 1. The maximum Gasteiger partial charge on any atom is 0.260 e. The number of rotatable bonds is 6. The van der Waals surface area contributed by atoms with Gasteiger partial charge in [0.15, 0.2) is 0 Å². The van der Waals surface area contributed by atoms with Crippen LogP contribution in [0.25, 0.3) is 10.8 Å². The third-order valence-corrected chi connectivity index (χ3v) is 6.05. The van der Waals surface area contributed by atoms with Crippen molar-refractivity contribution in [3.8, 4) is 0 Å². The maximum atomic E-state index is 12.4. The second-order valence-corrected chi connectivity index (χ2v) is 8.83. The summed E-state index contributed by atoms with van der Waals surface area (Å²) in [6.07, 6.45) is 1.09. The van der Waals surface area contributed by atoms with Crippen LogP contribution in [0, 0.1) is 0 Å². The fourth-order valence-electron chi connectivity index (χ4n) is 2.66. The van der Waals surface area contributed by atoms with Gasteiger partial charge in [-0.1, -0.05) is 42.5 Å². The van der Waals surface area contributed by atoms with Crippen molar-refractivity contribution in [2.24, 2.45) is 5.10 Å². The summed E-state index contributed by atoms with van der Waals surface area (Å²) in [6, 6.07) is 16.6. The van der Waals surface area contributed by atoms with Crippen molar-refractivity contribution in [3.63, 3.8) is 0 Å². The number of thiophene rings is 1. The van der Waals surface area contributed by atoms with E-state index in [0.717, 1.165) is 26.2 Å². The molecule has 3 rings (SSSR count). The van der Waals surface area contributed by atoms with Crippen LogP contribution in [0.4, 0.5) is 5.69 Å². The van der Waals surface area contributed by atoms with Gasteiger partial charge in [0.1, 0.15) is 6.54 Å². The topological polar surface area (TPSA) is 78.8 Å². The number of fused-ring (bicyclic) bond motifs is 1. The van der Waals surface area contributed by atoms with Gasteiger partial charge in [0.2, 0.25) is 10.0 Å². The minimum Gasteiger partial charge on any atom is -0.271 e. The van der Waals surface area contributed by atoms with Gasteiger partial charge in [0, 0.05) is 10.3 Å². The van der Waals surface area contributed by atoms with Crippen LogP contribution < -0.4 is 9.73 Å². The number of carbonyl (C=O) groups excluding carboxylic acids is 1. The van der Waals surface area contributed by atoms with Gasteiger partial charge in [0.25, 0.3) is 5.91 Å². The fraction of sp³-hybridized carbons (Fsp3) is 0.158. The standard InChI is InChI=1S/C19H19N3O3S2/c1-14(18-11-6-12-26-18)20-21-19(23)13-22(27(2,24)25)17-10-5-8-15-7-3-4-9-16(15)17/h3-12H,13H2,1-2H3,(H,21,23)/b20-14+. The first-order valence-electron chi connectivity index (χ1n) is 8.19. The highest BCUT2D eigenvalue weighted by Crippen LogP contribution is 2.28. The van der Waals surface area contributed by atoms with E-state index in [4.69, 9.17) is 0 Å².